The van der Waals surface area contributed by atoms with E-state index in [2.05, 4.69) is 59.8 Å². The molecule has 0 bridgehead atoms. The van der Waals surface area contributed by atoms with Crippen LogP contribution in [0.15, 0.2) is 22.7 Å². The van der Waals surface area contributed by atoms with Crippen LogP contribution in [0.4, 0.5) is 0 Å². The van der Waals surface area contributed by atoms with Crippen molar-refractivity contribution in [1.29, 1.82) is 0 Å². The Balaban J connectivity index is 0.00000162. The van der Waals surface area contributed by atoms with Crippen molar-refractivity contribution in [2.24, 2.45) is 5.73 Å². The molecule has 1 heterocycles. The maximum absolute atomic E-state index is 6.13. The molecule has 4 heteroatoms. The second-order valence-electron chi connectivity index (χ2n) is 5.86. The summed E-state index contributed by atoms with van der Waals surface area (Å²) in [5.41, 5.74) is 8.91. The van der Waals surface area contributed by atoms with Crippen molar-refractivity contribution in [1.82, 2.24) is 4.90 Å². The third kappa shape index (κ3) is 3.95. The second kappa shape index (κ2) is 5.91. The van der Waals surface area contributed by atoms with E-state index in [0.717, 1.165) is 24.0 Å². The van der Waals surface area contributed by atoms with Crippen LogP contribution >= 0.6 is 28.3 Å². The molecule has 1 atom stereocenters. The fourth-order valence-electron chi connectivity index (χ4n) is 2.50. The van der Waals surface area contributed by atoms with Crippen LogP contribution in [0.1, 0.15) is 31.9 Å². The zero-order valence-corrected chi connectivity index (χ0v) is 13.6. The van der Waals surface area contributed by atoms with E-state index < -0.39 is 0 Å². The first-order valence-electron chi connectivity index (χ1n) is 6.15. The fraction of sp³-hybridized carbons (Fsp3) is 0.571. The van der Waals surface area contributed by atoms with Crippen LogP contribution in [-0.4, -0.2) is 23.0 Å². The van der Waals surface area contributed by atoms with Gasteiger partial charge >= 0.3 is 0 Å². The Labute approximate surface area is 124 Å². The molecule has 0 saturated heterocycles. The van der Waals surface area contributed by atoms with Crippen LogP contribution < -0.4 is 5.73 Å². The highest BCUT2D eigenvalue weighted by Crippen LogP contribution is 2.26. The van der Waals surface area contributed by atoms with Crippen molar-refractivity contribution in [3.8, 4) is 0 Å². The van der Waals surface area contributed by atoms with Crippen molar-refractivity contribution < 1.29 is 0 Å². The number of nitrogens with zero attached hydrogens (tertiary/aromatic N) is 1. The van der Waals surface area contributed by atoms with Gasteiger partial charge in [0.1, 0.15) is 0 Å². The fourth-order valence-corrected chi connectivity index (χ4v) is 2.91. The molecule has 1 aromatic carbocycles. The number of hydrogen-bond acceptors (Lipinski definition) is 2. The Morgan fingerprint density at radius 2 is 2.06 bits per heavy atom. The SMILES string of the molecule is CC1Cc2ccc(Br)cc2CN1CC(C)(C)N.Cl. The maximum Gasteiger partial charge on any atom is 0.0240 e. The van der Waals surface area contributed by atoms with Crippen molar-refractivity contribution in [2.75, 3.05) is 6.54 Å². The van der Waals surface area contributed by atoms with Gasteiger partial charge in [0.2, 0.25) is 0 Å². The lowest BCUT2D eigenvalue weighted by Crippen LogP contribution is -2.50. The molecule has 1 aromatic rings. The zero-order chi connectivity index (χ0) is 12.6. The molecule has 0 spiro atoms. The molecule has 2 nitrogen and oxygen atoms in total. The van der Waals surface area contributed by atoms with Gasteiger partial charge < -0.3 is 5.73 Å². The van der Waals surface area contributed by atoms with E-state index in [9.17, 15) is 0 Å². The molecular formula is C14H22BrClN2. The van der Waals surface area contributed by atoms with E-state index in [1.165, 1.54) is 11.1 Å². The summed E-state index contributed by atoms with van der Waals surface area (Å²) in [5.74, 6) is 0. The summed E-state index contributed by atoms with van der Waals surface area (Å²) < 4.78 is 1.16. The van der Waals surface area contributed by atoms with Gasteiger partial charge in [-0.25, -0.2) is 0 Å². The zero-order valence-electron chi connectivity index (χ0n) is 11.2. The topological polar surface area (TPSA) is 29.3 Å². The quantitative estimate of drug-likeness (QED) is 0.899. The predicted molar refractivity (Wildman–Crippen MR) is 83.2 cm³/mol. The van der Waals surface area contributed by atoms with E-state index in [1.54, 1.807) is 0 Å². The van der Waals surface area contributed by atoms with Crippen LogP contribution in [0, 0.1) is 0 Å². The molecule has 2 rings (SSSR count). The normalized spacial score (nSPS) is 20.2. The minimum absolute atomic E-state index is 0. The van der Waals surface area contributed by atoms with Gasteiger partial charge in [0.15, 0.2) is 0 Å². The van der Waals surface area contributed by atoms with Crippen molar-refractivity contribution >= 4 is 28.3 Å². The first-order chi connectivity index (χ1) is 7.85. The van der Waals surface area contributed by atoms with Gasteiger partial charge in [-0.1, -0.05) is 22.0 Å². The van der Waals surface area contributed by atoms with Gasteiger partial charge in [0.25, 0.3) is 0 Å². The largest absolute Gasteiger partial charge is 0.324 e. The van der Waals surface area contributed by atoms with Crippen molar-refractivity contribution in [2.45, 2.75) is 45.3 Å². The molecule has 0 saturated carbocycles. The van der Waals surface area contributed by atoms with E-state index >= 15 is 0 Å². The van der Waals surface area contributed by atoms with Gasteiger partial charge in [0.05, 0.1) is 0 Å². The summed E-state index contributed by atoms with van der Waals surface area (Å²) in [6, 6.07) is 7.18. The highest BCUT2D eigenvalue weighted by Gasteiger charge is 2.26. The van der Waals surface area contributed by atoms with Crippen molar-refractivity contribution in [3.63, 3.8) is 0 Å². The number of benzene rings is 1. The molecule has 18 heavy (non-hydrogen) atoms. The lowest BCUT2D eigenvalue weighted by atomic mass is 9.93. The summed E-state index contributed by atoms with van der Waals surface area (Å²) in [4.78, 5) is 2.48. The van der Waals surface area contributed by atoms with Crippen LogP contribution in [-0.2, 0) is 13.0 Å². The molecule has 0 amide bonds. The molecule has 1 aliphatic heterocycles. The second-order valence-corrected chi connectivity index (χ2v) is 6.78. The number of rotatable bonds is 2. The standard InChI is InChI=1S/C14H21BrN2.ClH/c1-10-6-11-4-5-13(15)7-12(11)8-17(10)9-14(2,3)16;/h4-5,7,10H,6,8-9,16H2,1-3H3;1H. The molecule has 1 unspecified atom stereocenters. The molecule has 1 aliphatic rings. The average Bonchev–Trinajstić information content (AvgIpc) is 2.17. The van der Waals surface area contributed by atoms with E-state index in [1.807, 2.05) is 0 Å². The summed E-state index contributed by atoms with van der Waals surface area (Å²) >= 11 is 3.54. The Morgan fingerprint density at radius 3 is 2.67 bits per heavy atom. The Morgan fingerprint density at radius 1 is 1.39 bits per heavy atom. The maximum atomic E-state index is 6.13. The Kier molecular flexibility index (Phi) is 5.24. The summed E-state index contributed by atoms with van der Waals surface area (Å²) in [7, 11) is 0. The average molecular weight is 334 g/mol. The lowest BCUT2D eigenvalue weighted by Gasteiger charge is -2.38. The molecule has 0 aliphatic carbocycles. The minimum Gasteiger partial charge on any atom is -0.324 e. The molecule has 0 fully saturated rings. The smallest absolute Gasteiger partial charge is 0.0240 e. The van der Waals surface area contributed by atoms with E-state index in [-0.39, 0.29) is 17.9 Å². The van der Waals surface area contributed by atoms with Gasteiger partial charge in [-0.05, 0) is 50.5 Å². The first kappa shape index (κ1) is 16.0. The summed E-state index contributed by atoms with van der Waals surface area (Å²) in [5, 5.41) is 0. The van der Waals surface area contributed by atoms with Crippen LogP contribution in [0.5, 0.6) is 0 Å². The Bertz CT molecular complexity index is 415. The van der Waals surface area contributed by atoms with Gasteiger partial charge in [0, 0.05) is 29.1 Å². The number of nitrogens with two attached hydrogens (primary N) is 1. The highest BCUT2D eigenvalue weighted by atomic mass is 79.9. The number of fused-ring (bicyclic) bond motifs is 1. The van der Waals surface area contributed by atoms with Crippen LogP contribution in [0.3, 0.4) is 0 Å². The molecule has 102 valence electrons. The van der Waals surface area contributed by atoms with Gasteiger partial charge in [-0.2, -0.15) is 0 Å². The summed E-state index contributed by atoms with van der Waals surface area (Å²) in [6.07, 6.45) is 1.12. The van der Waals surface area contributed by atoms with Gasteiger partial charge in [-0.3, -0.25) is 4.90 Å². The van der Waals surface area contributed by atoms with Crippen LogP contribution in [0.2, 0.25) is 0 Å². The van der Waals surface area contributed by atoms with Crippen molar-refractivity contribution in [3.05, 3.63) is 33.8 Å². The van der Waals surface area contributed by atoms with E-state index in [4.69, 9.17) is 5.73 Å². The third-order valence-corrected chi connectivity index (χ3v) is 3.78. The van der Waals surface area contributed by atoms with E-state index in [0.29, 0.717) is 6.04 Å². The minimum atomic E-state index is -0.127. The first-order valence-corrected chi connectivity index (χ1v) is 6.95. The van der Waals surface area contributed by atoms with Gasteiger partial charge in [-0.15, -0.1) is 12.4 Å². The summed E-state index contributed by atoms with van der Waals surface area (Å²) in [6.45, 7) is 8.43. The molecule has 0 aromatic heterocycles. The monoisotopic (exact) mass is 332 g/mol. The third-order valence-electron chi connectivity index (χ3n) is 3.29. The lowest BCUT2D eigenvalue weighted by molar-refractivity contribution is 0.152. The molecule has 2 N–H and O–H groups in total. The highest BCUT2D eigenvalue weighted by molar-refractivity contribution is 9.10. The van der Waals surface area contributed by atoms with Crippen LogP contribution in [0.25, 0.3) is 0 Å². The molecular weight excluding hydrogens is 312 g/mol. The number of hydrogen-bond donors (Lipinski definition) is 1. The predicted octanol–water partition coefficient (Wildman–Crippen LogP) is 3.35. The number of halogens is 2. The Hall–Kier alpha value is -0.0900. The molecule has 0 radical (unpaired) electrons.